The average molecular weight is 258 g/mol. The minimum Gasteiger partial charge on any atom is -0.376 e. The van der Waals surface area contributed by atoms with Gasteiger partial charge in [0, 0.05) is 0 Å². The van der Waals surface area contributed by atoms with Gasteiger partial charge in [-0.1, -0.05) is 25.0 Å². The van der Waals surface area contributed by atoms with Crippen LogP contribution in [0.15, 0.2) is 24.3 Å². The Kier molecular flexibility index (Phi) is 5.38. The lowest BCUT2D eigenvalue weighted by Gasteiger charge is -2.30. The number of nitrogens with two attached hydrogens (primary N) is 1. The van der Waals surface area contributed by atoms with Crippen molar-refractivity contribution < 1.29 is 4.74 Å². The predicted molar refractivity (Wildman–Crippen MR) is 75.3 cm³/mol. The van der Waals surface area contributed by atoms with Crippen LogP contribution in [0, 0.1) is 23.2 Å². The molecule has 0 aliphatic heterocycles. The fourth-order valence-electron chi connectivity index (χ4n) is 2.82. The highest BCUT2D eigenvalue weighted by atomic mass is 16.5. The molecule has 0 bridgehead atoms. The molecule has 1 aliphatic rings. The lowest BCUT2D eigenvalue weighted by Crippen LogP contribution is -2.29. The van der Waals surface area contributed by atoms with Crippen LogP contribution in [-0.2, 0) is 11.3 Å². The first kappa shape index (κ1) is 14.0. The van der Waals surface area contributed by atoms with Crippen LogP contribution in [0.2, 0.25) is 0 Å². The summed E-state index contributed by atoms with van der Waals surface area (Å²) < 4.78 is 5.83. The van der Waals surface area contributed by atoms with Gasteiger partial charge in [0.1, 0.15) is 0 Å². The molecule has 3 nitrogen and oxygen atoms in total. The van der Waals surface area contributed by atoms with Gasteiger partial charge in [-0.2, -0.15) is 5.26 Å². The van der Waals surface area contributed by atoms with Gasteiger partial charge in [0.15, 0.2) is 0 Å². The fraction of sp³-hybridized carbons (Fsp3) is 0.562. The van der Waals surface area contributed by atoms with E-state index in [2.05, 4.69) is 6.07 Å². The molecule has 0 aromatic heterocycles. The van der Waals surface area contributed by atoms with Crippen LogP contribution in [0.25, 0.3) is 0 Å². The normalized spacial score (nSPS) is 22.9. The molecule has 0 amide bonds. The number of nitrogens with zero attached hydrogens (tertiary/aromatic N) is 1. The Balaban J connectivity index is 1.77. The highest BCUT2D eigenvalue weighted by Crippen LogP contribution is 2.29. The molecule has 2 unspecified atom stereocenters. The van der Waals surface area contributed by atoms with Gasteiger partial charge in [-0.25, -0.2) is 0 Å². The van der Waals surface area contributed by atoms with Crippen LogP contribution in [-0.4, -0.2) is 13.2 Å². The molecule has 3 heteroatoms. The van der Waals surface area contributed by atoms with E-state index in [1.54, 1.807) is 0 Å². The topological polar surface area (TPSA) is 59.0 Å². The van der Waals surface area contributed by atoms with E-state index in [0.29, 0.717) is 24.0 Å². The predicted octanol–water partition coefficient (Wildman–Crippen LogP) is 2.84. The Morgan fingerprint density at radius 2 is 1.84 bits per heavy atom. The molecular weight excluding hydrogens is 236 g/mol. The maximum Gasteiger partial charge on any atom is 0.0991 e. The highest BCUT2D eigenvalue weighted by molar-refractivity contribution is 5.31. The number of rotatable bonds is 5. The summed E-state index contributed by atoms with van der Waals surface area (Å²) in [6, 6.07) is 9.71. The Bertz CT molecular complexity index is 421. The first-order chi connectivity index (χ1) is 9.33. The minimum absolute atomic E-state index is 0.622. The van der Waals surface area contributed by atoms with Crippen molar-refractivity contribution in [2.45, 2.75) is 32.3 Å². The smallest absolute Gasteiger partial charge is 0.0991 e. The average Bonchev–Trinajstić information content (AvgIpc) is 2.48. The monoisotopic (exact) mass is 258 g/mol. The summed E-state index contributed by atoms with van der Waals surface area (Å²) >= 11 is 0. The Morgan fingerprint density at radius 3 is 2.47 bits per heavy atom. The molecule has 2 atom stereocenters. The largest absolute Gasteiger partial charge is 0.376 e. The molecular formula is C16H22N2O. The lowest BCUT2D eigenvalue weighted by molar-refractivity contribution is 0.0512. The molecule has 1 aliphatic carbocycles. The van der Waals surface area contributed by atoms with E-state index in [1.165, 1.54) is 25.7 Å². The Morgan fingerprint density at radius 1 is 1.16 bits per heavy atom. The van der Waals surface area contributed by atoms with Crippen LogP contribution < -0.4 is 5.73 Å². The van der Waals surface area contributed by atoms with Crippen molar-refractivity contribution in [3.63, 3.8) is 0 Å². The van der Waals surface area contributed by atoms with Crippen LogP contribution in [0.1, 0.15) is 36.8 Å². The van der Waals surface area contributed by atoms with Gasteiger partial charge in [-0.3, -0.25) is 0 Å². The van der Waals surface area contributed by atoms with Gasteiger partial charge in [-0.15, -0.1) is 0 Å². The lowest BCUT2D eigenvalue weighted by atomic mass is 9.80. The molecule has 1 aromatic rings. The van der Waals surface area contributed by atoms with Crippen molar-refractivity contribution in [3.8, 4) is 6.07 Å². The number of hydrogen-bond donors (Lipinski definition) is 1. The first-order valence-electron chi connectivity index (χ1n) is 7.10. The zero-order valence-corrected chi connectivity index (χ0v) is 11.3. The Labute approximate surface area is 115 Å². The SMILES string of the molecule is N#Cc1ccc(COCC2CCCCC2CN)cc1. The second-order valence-electron chi connectivity index (χ2n) is 5.36. The second-order valence-corrected chi connectivity index (χ2v) is 5.36. The molecule has 0 spiro atoms. The molecule has 0 saturated heterocycles. The van der Waals surface area contributed by atoms with Crippen LogP contribution in [0.4, 0.5) is 0 Å². The van der Waals surface area contributed by atoms with Crippen molar-refractivity contribution >= 4 is 0 Å². The third kappa shape index (κ3) is 4.05. The van der Waals surface area contributed by atoms with Gasteiger partial charge in [-0.05, 0) is 48.9 Å². The van der Waals surface area contributed by atoms with Crippen molar-refractivity contribution in [2.24, 2.45) is 17.6 Å². The van der Waals surface area contributed by atoms with Crippen LogP contribution in [0.5, 0.6) is 0 Å². The van der Waals surface area contributed by atoms with Crippen molar-refractivity contribution in [2.75, 3.05) is 13.2 Å². The summed E-state index contributed by atoms with van der Waals surface area (Å²) in [5, 5.41) is 8.74. The number of ether oxygens (including phenoxy) is 1. The summed E-state index contributed by atoms with van der Waals surface area (Å²) in [7, 11) is 0. The van der Waals surface area contributed by atoms with Crippen molar-refractivity contribution in [1.82, 2.24) is 0 Å². The van der Waals surface area contributed by atoms with Crippen LogP contribution in [0.3, 0.4) is 0 Å². The zero-order valence-electron chi connectivity index (χ0n) is 11.3. The van der Waals surface area contributed by atoms with Gasteiger partial charge >= 0.3 is 0 Å². The molecule has 1 saturated carbocycles. The maximum absolute atomic E-state index is 8.74. The fourth-order valence-corrected chi connectivity index (χ4v) is 2.82. The molecule has 102 valence electrons. The maximum atomic E-state index is 8.74. The van der Waals surface area contributed by atoms with Gasteiger partial charge in [0.25, 0.3) is 0 Å². The molecule has 0 heterocycles. The van der Waals surface area contributed by atoms with Gasteiger partial charge in [0.05, 0.1) is 24.8 Å². The van der Waals surface area contributed by atoms with Gasteiger partial charge < -0.3 is 10.5 Å². The van der Waals surface area contributed by atoms with E-state index in [0.717, 1.165) is 18.7 Å². The molecule has 19 heavy (non-hydrogen) atoms. The molecule has 0 radical (unpaired) electrons. The van der Waals surface area contributed by atoms with Crippen LogP contribution >= 0.6 is 0 Å². The minimum atomic E-state index is 0.622. The van der Waals surface area contributed by atoms with Crippen molar-refractivity contribution in [3.05, 3.63) is 35.4 Å². The highest BCUT2D eigenvalue weighted by Gasteiger charge is 2.23. The molecule has 1 fully saturated rings. The summed E-state index contributed by atoms with van der Waals surface area (Å²) in [6.07, 6.45) is 5.12. The van der Waals surface area contributed by atoms with Gasteiger partial charge in [0.2, 0.25) is 0 Å². The molecule has 2 rings (SSSR count). The zero-order chi connectivity index (χ0) is 13.5. The summed E-state index contributed by atoms with van der Waals surface area (Å²) in [4.78, 5) is 0. The number of benzene rings is 1. The van der Waals surface area contributed by atoms with Crippen molar-refractivity contribution in [1.29, 1.82) is 5.26 Å². The van der Waals surface area contributed by atoms with E-state index < -0.39 is 0 Å². The number of hydrogen-bond acceptors (Lipinski definition) is 3. The summed E-state index contributed by atoms with van der Waals surface area (Å²) in [6.45, 7) is 2.21. The first-order valence-corrected chi connectivity index (χ1v) is 7.10. The molecule has 1 aromatic carbocycles. The summed E-state index contributed by atoms with van der Waals surface area (Å²) in [5.74, 6) is 1.26. The van der Waals surface area contributed by atoms with E-state index in [-0.39, 0.29) is 0 Å². The van der Waals surface area contributed by atoms with E-state index in [1.807, 2.05) is 24.3 Å². The number of nitriles is 1. The standard InChI is InChI=1S/C16H22N2O/c17-9-13-5-7-14(8-6-13)11-19-12-16-4-2-1-3-15(16)10-18/h5-8,15-16H,1-4,10-12,18H2. The third-order valence-corrected chi connectivity index (χ3v) is 4.05. The summed E-state index contributed by atoms with van der Waals surface area (Å²) in [5.41, 5.74) is 7.64. The van der Waals surface area contributed by atoms with E-state index in [4.69, 9.17) is 15.7 Å². The Hall–Kier alpha value is -1.37. The second kappa shape index (κ2) is 7.28. The third-order valence-electron chi connectivity index (χ3n) is 4.05. The quantitative estimate of drug-likeness (QED) is 0.883. The van der Waals surface area contributed by atoms with E-state index in [9.17, 15) is 0 Å². The molecule has 2 N–H and O–H groups in total. The van der Waals surface area contributed by atoms with E-state index >= 15 is 0 Å².